The van der Waals surface area contributed by atoms with E-state index < -0.39 is 12.1 Å². The summed E-state index contributed by atoms with van der Waals surface area (Å²) in [5, 5.41) is 18.6. The van der Waals surface area contributed by atoms with Crippen LogP contribution in [0.15, 0.2) is 18.3 Å². The van der Waals surface area contributed by atoms with Crippen molar-refractivity contribution in [2.75, 3.05) is 18.0 Å². The fraction of sp³-hybridized carbons (Fsp3) is 0.500. The van der Waals surface area contributed by atoms with Crippen LogP contribution in [0, 0.1) is 0 Å². The number of aliphatic carboxylic acids is 1. The van der Waals surface area contributed by atoms with Gasteiger partial charge in [-0.15, -0.1) is 0 Å². The average molecular weight is 236 g/mol. The molecule has 0 aliphatic carbocycles. The van der Waals surface area contributed by atoms with Crippen LogP contribution in [0.5, 0.6) is 0 Å². The maximum Gasteiger partial charge on any atom is 0.306 e. The zero-order valence-corrected chi connectivity index (χ0v) is 9.54. The molecule has 0 saturated carbocycles. The molecule has 1 atom stereocenters. The molecule has 5 nitrogen and oxygen atoms in total. The molecule has 0 spiro atoms. The molecule has 2 rings (SSSR count). The Hall–Kier alpha value is -1.62. The zero-order chi connectivity index (χ0) is 12.3. The minimum atomic E-state index is -1.01. The number of aromatic nitrogens is 1. The first-order valence-electron chi connectivity index (χ1n) is 5.78. The summed E-state index contributed by atoms with van der Waals surface area (Å²) in [6, 6.07) is 3.47. The molecule has 2 N–H and O–H groups in total. The van der Waals surface area contributed by atoms with Gasteiger partial charge in [0.15, 0.2) is 0 Å². The molecular weight excluding hydrogens is 220 g/mol. The quantitative estimate of drug-likeness (QED) is 0.821. The number of carboxylic acid groups (broad SMARTS) is 1. The van der Waals surface area contributed by atoms with E-state index >= 15 is 0 Å². The molecule has 0 aromatic carbocycles. The lowest BCUT2D eigenvalue weighted by Crippen LogP contribution is -2.22. The monoisotopic (exact) mass is 236 g/mol. The molecule has 1 saturated heterocycles. The predicted molar refractivity (Wildman–Crippen MR) is 62.9 cm³/mol. The average Bonchev–Trinajstić information content (AvgIpc) is 2.81. The van der Waals surface area contributed by atoms with Crippen LogP contribution in [-0.2, 0) is 4.79 Å². The molecule has 17 heavy (non-hydrogen) atoms. The molecule has 1 unspecified atom stereocenters. The number of pyridine rings is 1. The van der Waals surface area contributed by atoms with Crippen molar-refractivity contribution in [1.82, 2.24) is 4.98 Å². The smallest absolute Gasteiger partial charge is 0.306 e. The van der Waals surface area contributed by atoms with Gasteiger partial charge in [0.2, 0.25) is 0 Å². The van der Waals surface area contributed by atoms with Gasteiger partial charge in [-0.3, -0.25) is 4.79 Å². The summed E-state index contributed by atoms with van der Waals surface area (Å²) in [5.41, 5.74) is 0.608. The molecule has 1 aliphatic heterocycles. The number of rotatable bonds is 4. The molecule has 1 fully saturated rings. The van der Waals surface area contributed by atoms with Crippen LogP contribution in [0.4, 0.5) is 5.82 Å². The van der Waals surface area contributed by atoms with Gasteiger partial charge in [0, 0.05) is 24.8 Å². The Morgan fingerprint density at radius 2 is 2.18 bits per heavy atom. The van der Waals surface area contributed by atoms with Crippen LogP contribution in [0.1, 0.15) is 30.9 Å². The largest absolute Gasteiger partial charge is 0.481 e. The summed E-state index contributed by atoms with van der Waals surface area (Å²) in [6.45, 7) is 1.84. The summed E-state index contributed by atoms with van der Waals surface area (Å²) < 4.78 is 0. The standard InChI is InChI=1S/C12H16N2O3/c15-10(8-11(16)17)9-4-3-5-13-12(9)14-6-1-2-7-14/h3-5,10,15H,1-2,6-8H2,(H,16,17). The Labute approximate surface area is 99.7 Å². The molecule has 92 valence electrons. The summed E-state index contributed by atoms with van der Waals surface area (Å²) in [7, 11) is 0. The fourth-order valence-electron chi connectivity index (χ4n) is 2.14. The Morgan fingerprint density at radius 1 is 1.47 bits per heavy atom. The van der Waals surface area contributed by atoms with Crippen molar-refractivity contribution in [1.29, 1.82) is 0 Å². The Bertz CT molecular complexity index is 402. The van der Waals surface area contributed by atoms with Crippen LogP contribution in [0.25, 0.3) is 0 Å². The molecular formula is C12H16N2O3. The maximum absolute atomic E-state index is 10.6. The summed E-state index contributed by atoms with van der Waals surface area (Å²) in [4.78, 5) is 17.0. The third-order valence-corrected chi connectivity index (χ3v) is 2.95. The first kappa shape index (κ1) is 11.9. The third-order valence-electron chi connectivity index (χ3n) is 2.95. The minimum Gasteiger partial charge on any atom is -0.481 e. The lowest BCUT2D eigenvalue weighted by atomic mass is 10.1. The SMILES string of the molecule is O=C(O)CC(O)c1cccnc1N1CCCC1. The van der Waals surface area contributed by atoms with Crippen molar-refractivity contribution in [2.45, 2.75) is 25.4 Å². The van der Waals surface area contributed by atoms with E-state index in [-0.39, 0.29) is 6.42 Å². The highest BCUT2D eigenvalue weighted by Crippen LogP contribution is 2.28. The Balaban J connectivity index is 2.23. The summed E-state index contributed by atoms with van der Waals surface area (Å²) >= 11 is 0. The van der Waals surface area contributed by atoms with Crippen molar-refractivity contribution in [3.05, 3.63) is 23.9 Å². The second kappa shape index (κ2) is 5.14. The lowest BCUT2D eigenvalue weighted by molar-refractivity contribution is -0.139. The highest BCUT2D eigenvalue weighted by molar-refractivity contribution is 5.68. The second-order valence-electron chi connectivity index (χ2n) is 4.22. The highest BCUT2D eigenvalue weighted by Gasteiger charge is 2.21. The summed E-state index contributed by atoms with van der Waals surface area (Å²) in [5.74, 6) is -0.285. The number of hydrogen-bond acceptors (Lipinski definition) is 4. The molecule has 5 heteroatoms. The molecule has 2 heterocycles. The normalized spacial score (nSPS) is 17.1. The first-order valence-corrected chi connectivity index (χ1v) is 5.78. The van der Waals surface area contributed by atoms with Gasteiger partial charge in [-0.25, -0.2) is 4.98 Å². The van der Waals surface area contributed by atoms with E-state index in [9.17, 15) is 9.90 Å². The number of carbonyl (C=O) groups is 1. The van der Waals surface area contributed by atoms with Gasteiger partial charge in [0.1, 0.15) is 5.82 Å². The number of aliphatic hydroxyl groups excluding tert-OH is 1. The molecule has 1 aromatic rings. The van der Waals surface area contributed by atoms with E-state index in [1.54, 1.807) is 18.3 Å². The van der Waals surface area contributed by atoms with Crippen LogP contribution in [0.2, 0.25) is 0 Å². The minimum absolute atomic E-state index is 0.285. The third kappa shape index (κ3) is 2.74. The topological polar surface area (TPSA) is 73.7 Å². The highest BCUT2D eigenvalue weighted by atomic mass is 16.4. The number of anilines is 1. The van der Waals surface area contributed by atoms with E-state index in [1.807, 2.05) is 0 Å². The summed E-state index contributed by atoms with van der Waals surface area (Å²) in [6.07, 6.45) is 2.63. The number of carboxylic acids is 1. The van der Waals surface area contributed by atoms with Gasteiger partial charge >= 0.3 is 5.97 Å². The number of aliphatic hydroxyl groups is 1. The van der Waals surface area contributed by atoms with Crippen molar-refractivity contribution in [3.63, 3.8) is 0 Å². The fourth-order valence-corrected chi connectivity index (χ4v) is 2.14. The first-order chi connectivity index (χ1) is 8.18. The molecule has 0 bridgehead atoms. The molecule has 0 radical (unpaired) electrons. The van der Waals surface area contributed by atoms with Crippen LogP contribution in [-0.4, -0.2) is 34.3 Å². The van der Waals surface area contributed by atoms with Crippen molar-refractivity contribution in [3.8, 4) is 0 Å². The van der Waals surface area contributed by atoms with Gasteiger partial charge in [0.05, 0.1) is 12.5 Å². The maximum atomic E-state index is 10.6. The van der Waals surface area contributed by atoms with Gasteiger partial charge in [0.25, 0.3) is 0 Å². The van der Waals surface area contributed by atoms with E-state index in [0.717, 1.165) is 31.7 Å². The van der Waals surface area contributed by atoms with Crippen LogP contribution < -0.4 is 4.90 Å². The molecule has 1 aromatic heterocycles. The molecule has 0 amide bonds. The number of hydrogen-bond donors (Lipinski definition) is 2. The zero-order valence-electron chi connectivity index (χ0n) is 9.54. The van der Waals surface area contributed by atoms with Gasteiger partial charge in [-0.2, -0.15) is 0 Å². The van der Waals surface area contributed by atoms with E-state index in [0.29, 0.717) is 5.56 Å². The lowest BCUT2D eigenvalue weighted by Gasteiger charge is -2.21. The number of nitrogens with zero attached hydrogens (tertiary/aromatic N) is 2. The van der Waals surface area contributed by atoms with Gasteiger partial charge in [-0.05, 0) is 18.9 Å². The van der Waals surface area contributed by atoms with Gasteiger partial charge < -0.3 is 15.1 Å². The van der Waals surface area contributed by atoms with Crippen molar-refractivity contribution < 1.29 is 15.0 Å². The second-order valence-corrected chi connectivity index (χ2v) is 4.22. The Kier molecular flexibility index (Phi) is 3.58. The van der Waals surface area contributed by atoms with Crippen molar-refractivity contribution in [2.24, 2.45) is 0 Å². The Morgan fingerprint density at radius 3 is 2.82 bits per heavy atom. The molecule has 1 aliphatic rings. The van der Waals surface area contributed by atoms with Crippen molar-refractivity contribution >= 4 is 11.8 Å². The van der Waals surface area contributed by atoms with Crippen LogP contribution >= 0.6 is 0 Å². The van der Waals surface area contributed by atoms with E-state index in [1.165, 1.54) is 0 Å². The van der Waals surface area contributed by atoms with Crippen LogP contribution in [0.3, 0.4) is 0 Å². The van der Waals surface area contributed by atoms with E-state index in [4.69, 9.17) is 5.11 Å². The van der Waals surface area contributed by atoms with Gasteiger partial charge in [-0.1, -0.05) is 6.07 Å². The predicted octanol–water partition coefficient (Wildman–Crippen LogP) is 1.19. The van der Waals surface area contributed by atoms with E-state index in [2.05, 4.69) is 9.88 Å².